The van der Waals surface area contributed by atoms with Crippen molar-refractivity contribution in [2.75, 3.05) is 0 Å². The number of rotatable bonds is 5. The first kappa shape index (κ1) is 20.0. The van der Waals surface area contributed by atoms with Crippen LogP contribution in [0, 0.1) is 0 Å². The van der Waals surface area contributed by atoms with Gasteiger partial charge in [0, 0.05) is 42.6 Å². The van der Waals surface area contributed by atoms with E-state index in [0.717, 1.165) is 12.1 Å². The van der Waals surface area contributed by atoms with Gasteiger partial charge in [-0.2, -0.15) is 13.2 Å². The Kier molecular flexibility index (Phi) is 5.25. The fourth-order valence-corrected chi connectivity index (χ4v) is 3.16. The van der Waals surface area contributed by atoms with Crippen LogP contribution in [0.25, 0.3) is 11.1 Å². The van der Waals surface area contributed by atoms with E-state index < -0.39 is 23.4 Å². The predicted octanol–water partition coefficient (Wildman–Crippen LogP) is 3.35. The van der Waals surface area contributed by atoms with E-state index in [-0.39, 0.29) is 41.9 Å². The molecule has 1 aliphatic rings. The summed E-state index contributed by atoms with van der Waals surface area (Å²) in [6, 6.07) is 3.29. The molecule has 3 rings (SSSR count). The maximum Gasteiger partial charge on any atom is 0.416 e. The molecule has 2 aromatic rings. The normalized spacial score (nSPS) is 14.2. The highest BCUT2D eigenvalue weighted by Crippen LogP contribution is 2.36. The van der Waals surface area contributed by atoms with Crippen molar-refractivity contribution in [3.63, 3.8) is 0 Å². The summed E-state index contributed by atoms with van der Waals surface area (Å²) in [6.45, 7) is 1.67. The molecule has 0 amide bonds. The molecule has 0 unspecified atom stereocenters. The molecule has 2 heterocycles. The Morgan fingerprint density at radius 2 is 2.00 bits per heavy atom. The second-order valence-electron chi connectivity index (χ2n) is 6.93. The molecule has 28 heavy (non-hydrogen) atoms. The molecule has 1 atom stereocenters. The van der Waals surface area contributed by atoms with Crippen molar-refractivity contribution in [1.29, 1.82) is 0 Å². The second kappa shape index (κ2) is 7.35. The highest BCUT2D eigenvalue weighted by molar-refractivity contribution is 5.99. The van der Waals surface area contributed by atoms with Gasteiger partial charge in [0.25, 0.3) is 5.56 Å². The summed E-state index contributed by atoms with van der Waals surface area (Å²) in [5.41, 5.74) is -0.193. The summed E-state index contributed by atoms with van der Waals surface area (Å²) in [7, 11) is 1.44. The Hall–Kier alpha value is -2.74. The zero-order valence-electron chi connectivity index (χ0n) is 15.4. The molecular formula is C20H19F3N2O3. The molecule has 0 saturated carbocycles. The molecule has 0 radical (unpaired) electrons. The molecule has 1 N–H and O–H groups in total. The number of aliphatic imine (C=N–C) groups is 1. The number of alkyl halides is 3. The summed E-state index contributed by atoms with van der Waals surface area (Å²) in [5, 5.41) is 9.36. The number of carbonyl (C=O) groups excluding carboxylic acids is 1. The third-order valence-corrected chi connectivity index (χ3v) is 4.66. The van der Waals surface area contributed by atoms with Gasteiger partial charge in [0.1, 0.15) is 0 Å². The van der Waals surface area contributed by atoms with Crippen molar-refractivity contribution in [3.8, 4) is 11.1 Å². The van der Waals surface area contributed by atoms with Gasteiger partial charge in [0.05, 0.1) is 18.2 Å². The number of nitrogens with zero attached hydrogens (tertiary/aromatic N) is 2. The molecule has 0 saturated heterocycles. The van der Waals surface area contributed by atoms with Gasteiger partial charge >= 0.3 is 6.18 Å². The average Bonchev–Trinajstić information content (AvgIpc) is 3.09. The number of aromatic nitrogens is 1. The lowest BCUT2D eigenvalue weighted by atomic mass is 9.93. The highest BCUT2D eigenvalue weighted by Gasteiger charge is 2.33. The maximum atomic E-state index is 13.3. The van der Waals surface area contributed by atoms with Crippen LogP contribution in [0.3, 0.4) is 0 Å². The minimum absolute atomic E-state index is 0.0149. The first-order chi connectivity index (χ1) is 13.1. The Labute approximate surface area is 159 Å². The quantitative estimate of drug-likeness (QED) is 0.794. The largest absolute Gasteiger partial charge is 0.416 e. The van der Waals surface area contributed by atoms with E-state index in [2.05, 4.69) is 4.99 Å². The Morgan fingerprint density at radius 3 is 2.64 bits per heavy atom. The van der Waals surface area contributed by atoms with Gasteiger partial charge in [-0.1, -0.05) is 0 Å². The highest BCUT2D eigenvalue weighted by atomic mass is 19.4. The molecule has 0 spiro atoms. The Balaban J connectivity index is 2.16. The van der Waals surface area contributed by atoms with Crippen LogP contribution in [0.4, 0.5) is 13.2 Å². The third-order valence-electron chi connectivity index (χ3n) is 4.66. The zero-order valence-corrected chi connectivity index (χ0v) is 15.4. The molecule has 0 fully saturated rings. The van der Waals surface area contributed by atoms with Crippen molar-refractivity contribution < 1.29 is 23.1 Å². The van der Waals surface area contributed by atoms with Gasteiger partial charge < -0.3 is 9.67 Å². The number of ketones is 1. The molecule has 1 aliphatic heterocycles. The van der Waals surface area contributed by atoms with E-state index in [0.29, 0.717) is 11.1 Å². The van der Waals surface area contributed by atoms with Gasteiger partial charge in [-0.15, -0.1) is 0 Å². The summed E-state index contributed by atoms with van der Waals surface area (Å²) >= 11 is 0. The van der Waals surface area contributed by atoms with Gasteiger partial charge in [-0.05, 0) is 42.7 Å². The van der Waals surface area contributed by atoms with Crippen LogP contribution in [0.1, 0.15) is 46.8 Å². The fraction of sp³-hybridized carbons (Fsp3) is 0.350. The van der Waals surface area contributed by atoms with Crippen LogP contribution in [0.5, 0.6) is 0 Å². The Bertz CT molecular complexity index is 1020. The first-order valence-corrected chi connectivity index (χ1v) is 8.74. The van der Waals surface area contributed by atoms with E-state index in [1.807, 2.05) is 0 Å². The summed E-state index contributed by atoms with van der Waals surface area (Å²) < 4.78 is 41.1. The van der Waals surface area contributed by atoms with Crippen LogP contribution in [0.2, 0.25) is 0 Å². The molecule has 8 heteroatoms. The molecule has 148 valence electrons. The van der Waals surface area contributed by atoms with E-state index >= 15 is 0 Å². The van der Waals surface area contributed by atoms with Gasteiger partial charge in [0.2, 0.25) is 0 Å². The fourth-order valence-electron chi connectivity index (χ4n) is 3.16. The smallest absolute Gasteiger partial charge is 0.393 e. The minimum Gasteiger partial charge on any atom is -0.393 e. The molecule has 5 nitrogen and oxygen atoms in total. The lowest BCUT2D eigenvalue weighted by Crippen LogP contribution is -2.21. The standard InChI is InChI=1S/C20H19F3N2O3/c1-11(26)3-4-18(27)13-6-16(19(28)25(2)10-13)15-7-14(20(21,22)23)5-12-8-24-9-17(12)15/h5-7,9-11,26H,3-4,8H2,1-2H3/t11-/m0/s1. The van der Waals surface area contributed by atoms with Crippen molar-refractivity contribution in [2.45, 2.75) is 38.6 Å². The number of carbonyl (C=O) groups is 1. The third kappa shape index (κ3) is 3.91. The number of aliphatic hydroxyl groups is 1. The van der Waals surface area contributed by atoms with Crippen molar-refractivity contribution >= 4 is 12.0 Å². The number of fused-ring (bicyclic) bond motifs is 1. The lowest BCUT2D eigenvalue weighted by molar-refractivity contribution is -0.137. The summed E-state index contributed by atoms with van der Waals surface area (Å²) in [4.78, 5) is 29.1. The number of hydrogen-bond acceptors (Lipinski definition) is 4. The number of halogens is 3. The van der Waals surface area contributed by atoms with Gasteiger partial charge in [-0.25, -0.2) is 0 Å². The summed E-state index contributed by atoms with van der Waals surface area (Å²) in [5.74, 6) is -0.296. The summed E-state index contributed by atoms with van der Waals surface area (Å²) in [6.07, 6.45) is -2.09. The van der Waals surface area contributed by atoms with Crippen molar-refractivity contribution in [1.82, 2.24) is 4.57 Å². The van der Waals surface area contributed by atoms with Crippen LogP contribution in [-0.4, -0.2) is 27.8 Å². The first-order valence-electron chi connectivity index (χ1n) is 8.74. The number of aliphatic hydroxyl groups excluding tert-OH is 1. The van der Waals surface area contributed by atoms with E-state index in [9.17, 15) is 27.9 Å². The topological polar surface area (TPSA) is 71.7 Å². The van der Waals surface area contributed by atoms with E-state index in [4.69, 9.17) is 0 Å². The molecular weight excluding hydrogens is 373 g/mol. The molecule has 0 aliphatic carbocycles. The predicted molar refractivity (Wildman–Crippen MR) is 98.7 cm³/mol. The minimum atomic E-state index is -4.57. The molecule has 0 bridgehead atoms. The van der Waals surface area contributed by atoms with Crippen molar-refractivity contribution in [2.24, 2.45) is 12.0 Å². The van der Waals surface area contributed by atoms with E-state index in [1.54, 1.807) is 6.92 Å². The maximum absolute atomic E-state index is 13.3. The van der Waals surface area contributed by atoms with Gasteiger partial charge in [0.15, 0.2) is 5.78 Å². The monoisotopic (exact) mass is 392 g/mol. The zero-order chi connectivity index (χ0) is 20.6. The number of Topliss-reactive ketones (excluding diaryl/α,β-unsaturated/α-hetero) is 1. The van der Waals surface area contributed by atoms with E-state index in [1.165, 1.54) is 30.1 Å². The van der Waals surface area contributed by atoms with Crippen LogP contribution >= 0.6 is 0 Å². The molecule has 1 aromatic carbocycles. The number of aryl methyl sites for hydroxylation is 1. The number of hydrogen-bond donors (Lipinski definition) is 1. The second-order valence-corrected chi connectivity index (χ2v) is 6.93. The Morgan fingerprint density at radius 1 is 1.29 bits per heavy atom. The SMILES string of the molecule is C[C@H](O)CCC(=O)c1cc(-c2cc(C(F)(F)F)cc3c2C=NC3)c(=O)n(C)c1. The average molecular weight is 392 g/mol. The molecule has 1 aromatic heterocycles. The number of pyridine rings is 1. The lowest BCUT2D eigenvalue weighted by Gasteiger charge is -2.14. The van der Waals surface area contributed by atoms with Crippen LogP contribution in [0.15, 0.2) is 34.2 Å². The van der Waals surface area contributed by atoms with Crippen molar-refractivity contribution in [3.05, 3.63) is 57.0 Å². The van der Waals surface area contributed by atoms with Crippen LogP contribution in [-0.2, 0) is 19.8 Å². The van der Waals surface area contributed by atoms with Crippen LogP contribution < -0.4 is 5.56 Å². The van der Waals surface area contributed by atoms with Gasteiger partial charge in [-0.3, -0.25) is 14.6 Å². The number of benzene rings is 1.